The SMILES string of the molecule is COC(=O)Nc1ccc2c(-c3nc(N[C@H]4CCC[C@](N)(S)C4)ncc3C(F)(F)F)c[nH]c2c1Br. The molecule has 2 heterocycles. The van der Waals surface area contributed by atoms with Crippen LogP contribution < -0.4 is 16.4 Å². The van der Waals surface area contributed by atoms with Gasteiger partial charge in [-0.25, -0.2) is 14.8 Å². The number of H-pyrrole nitrogens is 1. The fourth-order valence-electron chi connectivity index (χ4n) is 4.07. The highest BCUT2D eigenvalue weighted by Crippen LogP contribution is 2.41. The minimum atomic E-state index is -4.66. The van der Waals surface area contributed by atoms with Crippen molar-refractivity contribution in [1.82, 2.24) is 15.0 Å². The molecule has 0 spiro atoms. The monoisotopic (exact) mass is 558 g/mol. The lowest BCUT2D eigenvalue weighted by Crippen LogP contribution is -2.43. The number of thiol groups is 1. The number of methoxy groups -OCH3 is 1. The highest BCUT2D eigenvalue weighted by atomic mass is 79.9. The van der Waals surface area contributed by atoms with Gasteiger partial charge in [0.15, 0.2) is 0 Å². The molecule has 2 aromatic heterocycles. The third kappa shape index (κ3) is 5.10. The number of alkyl halides is 3. The Morgan fingerprint density at radius 1 is 1.41 bits per heavy atom. The molecule has 1 aliphatic rings. The molecular weight excluding hydrogens is 537 g/mol. The van der Waals surface area contributed by atoms with Crippen LogP contribution in [-0.2, 0) is 10.9 Å². The Kier molecular flexibility index (Phi) is 6.71. The fourth-order valence-corrected chi connectivity index (χ4v) is 5.01. The van der Waals surface area contributed by atoms with Crippen LogP contribution in [-0.4, -0.2) is 39.1 Å². The van der Waals surface area contributed by atoms with E-state index in [0.29, 0.717) is 27.5 Å². The Morgan fingerprint density at radius 2 is 2.18 bits per heavy atom. The summed E-state index contributed by atoms with van der Waals surface area (Å²) in [6.45, 7) is 0. The Bertz CT molecular complexity index is 1230. The number of hydrogen-bond acceptors (Lipinski definition) is 7. The topological polar surface area (TPSA) is 118 Å². The summed E-state index contributed by atoms with van der Waals surface area (Å²) in [6, 6.07) is 3.05. The second kappa shape index (κ2) is 9.27. The van der Waals surface area contributed by atoms with E-state index in [4.69, 9.17) is 5.73 Å². The zero-order valence-electron chi connectivity index (χ0n) is 18.0. The van der Waals surface area contributed by atoms with Gasteiger partial charge >= 0.3 is 12.3 Å². The van der Waals surface area contributed by atoms with Gasteiger partial charge in [-0.2, -0.15) is 25.8 Å². The number of hydrogen-bond donors (Lipinski definition) is 5. The van der Waals surface area contributed by atoms with Crippen molar-refractivity contribution < 1.29 is 22.7 Å². The zero-order chi connectivity index (χ0) is 24.7. The summed E-state index contributed by atoms with van der Waals surface area (Å²) in [6.07, 6.45) is -0.204. The van der Waals surface area contributed by atoms with Crippen molar-refractivity contribution in [3.63, 3.8) is 0 Å². The van der Waals surface area contributed by atoms with Crippen molar-refractivity contribution in [2.75, 3.05) is 17.7 Å². The van der Waals surface area contributed by atoms with Crippen LogP contribution in [0.4, 0.5) is 29.6 Å². The van der Waals surface area contributed by atoms with E-state index in [0.717, 1.165) is 25.5 Å². The number of rotatable bonds is 4. The van der Waals surface area contributed by atoms with Crippen molar-refractivity contribution >= 4 is 57.2 Å². The lowest BCUT2D eigenvalue weighted by atomic mass is 9.91. The van der Waals surface area contributed by atoms with Crippen LogP contribution in [0.25, 0.3) is 22.2 Å². The Balaban J connectivity index is 1.75. The Morgan fingerprint density at radius 3 is 2.85 bits per heavy atom. The van der Waals surface area contributed by atoms with Crippen molar-refractivity contribution in [3.8, 4) is 11.3 Å². The molecule has 1 saturated carbocycles. The van der Waals surface area contributed by atoms with Gasteiger partial charge in [0.25, 0.3) is 0 Å². The largest absolute Gasteiger partial charge is 0.453 e. The maximum atomic E-state index is 13.9. The van der Waals surface area contributed by atoms with Crippen LogP contribution in [0.3, 0.4) is 0 Å². The van der Waals surface area contributed by atoms with Gasteiger partial charge < -0.3 is 20.8 Å². The van der Waals surface area contributed by atoms with Crippen LogP contribution in [0.5, 0.6) is 0 Å². The maximum Gasteiger partial charge on any atom is 0.419 e. The quantitative estimate of drug-likeness (QED) is 0.212. The second-order valence-electron chi connectivity index (χ2n) is 8.16. The van der Waals surface area contributed by atoms with Crippen molar-refractivity contribution in [1.29, 1.82) is 0 Å². The second-order valence-corrected chi connectivity index (χ2v) is 9.85. The number of carbonyl (C=O) groups excluding carboxylic acids is 1. The molecule has 1 fully saturated rings. The molecule has 3 aromatic rings. The third-order valence-electron chi connectivity index (χ3n) is 5.66. The summed E-state index contributed by atoms with van der Waals surface area (Å²) in [4.78, 5) is 22.1. The van der Waals surface area contributed by atoms with Crippen molar-refractivity contribution in [2.24, 2.45) is 5.73 Å². The van der Waals surface area contributed by atoms with Gasteiger partial charge in [-0.15, -0.1) is 0 Å². The fraction of sp³-hybridized carbons (Fsp3) is 0.381. The van der Waals surface area contributed by atoms with E-state index in [1.54, 1.807) is 12.1 Å². The molecule has 1 aromatic carbocycles. The summed E-state index contributed by atoms with van der Waals surface area (Å²) in [5.74, 6) is 0.0800. The molecule has 182 valence electrons. The van der Waals surface area contributed by atoms with Crippen molar-refractivity contribution in [3.05, 3.63) is 34.6 Å². The first-order valence-electron chi connectivity index (χ1n) is 10.4. The number of nitrogens with zero attached hydrogens (tertiary/aromatic N) is 2. The maximum absolute atomic E-state index is 13.9. The number of aromatic nitrogens is 3. The molecule has 1 amide bonds. The number of anilines is 2. The molecule has 34 heavy (non-hydrogen) atoms. The van der Waals surface area contributed by atoms with E-state index >= 15 is 0 Å². The normalized spacial score (nSPS) is 20.9. The van der Waals surface area contributed by atoms with E-state index < -0.39 is 22.7 Å². The first-order chi connectivity index (χ1) is 16.0. The van der Waals surface area contributed by atoms with E-state index in [1.807, 2.05) is 0 Å². The van der Waals surface area contributed by atoms with Gasteiger partial charge in [-0.05, 0) is 47.7 Å². The number of carbonyl (C=O) groups is 1. The van der Waals surface area contributed by atoms with Crippen molar-refractivity contribution in [2.45, 2.75) is 42.8 Å². The molecule has 4 rings (SSSR count). The predicted octanol–water partition coefficient (Wildman–Crippen LogP) is 5.52. The van der Waals surface area contributed by atoms with E-state index in [9.17, 15) is 18.0 Å². The molecule has 13 heteroatoms. The smallest absolute Gasteiger partial charge is 0.419 e. The summed E-state index contributed by atoms with van der Waals surface area (Å²) in [5.41, 5.74) is 6.02. The van der Waals surface area contributed by atoms with Crippen LogP contribution >= 0.6 is 28.6 Å². The van der Waals surface area contributed by atoms with E-state index in [1.165, 1.54) is 13.3 Å². The zero-order valence-corrected chi connectivity index (χ0v) is 20.4. The Labute approximate surface area is 206 Å². The van der Waals surface area contributed by atoms with Gasteiger partial charge in [-0.3, -0.25) is 5.32 Å². The van der Waals surface area contributed by atoms with Gasteiger partial charge in [0.2, 0.25) is 5.95 Å². The lowest BCUT2D eigenvalue weighted by molar-refractivity contribution is -0.137. The number of amides is 1. The third-order valence-corrected chi connectivity index (χ3v) is 6.89. The number of nitrogens with one attached hydrogen (secondary N) is 3. The number of aromatic amines is 1. The lowest BCUT2D eigenvalue weighted by Gasteiger charge is -2.34. The number of nitrogens with two attached hydrogens (primary N) is 1. The molecule has 2 atom stereocenters. The van der Waals surface area contributed by atoms with E-state index in [2.05, 4.69) is 58.9 Å². The standard InChI is InChI=1S/C21H22BrF3N6O2S/c1-33-19(32)30-14-5-4-11-12(8-27-17(11)15(14)22)16-13(21(23,24)25)9-28-18(31-16)29-10-3-2-6-20(26,34)7-10/h4-5,8-10,27,34H,2-3,6-7,26H2,1H3,(H,30,32)(H,28,29,31)/t10-,20-/m0/s1. The minimum absolute atomic E-state index is 0.0800. The van der Waals surface area contributed by atoms with Gasteiger partial charge in [0, 0.05) is 29.4 Å². The molecule has 0 bridgehead atoms. The summed E-state index contributed by atoms with van der Waals surface area (Å²) in [7, 11) is 1.23. The van der Waals surface area contributed by atoms with Gasteiger partial charge in [-0.1, -0.05) is 6.07 Å². The van der Waals surface area contributed by atoms with Gasteiger partial charge in [0.1, 0.15) is 5.56 Å². The molecule has 8 nitrogen and oxygen atoms in total. The molecule has 0 aliphatic heterocycles. The first kappa shape index (κ1) is 24.6. The summed E-state index contributed by atoms with van der Waals surface area (Å²) in [5, 5.41) is 6.13. The van der Waals surface area contributed by atoms with E-state index in [-0.39, 0.29) is 23.2 Å². The number of halogens is 4. The van der Waals surface area contributed by atoms with Crippen LogP contribution in [0, 0.1) is 0 Å². The van der Waals surface area contributed by atoms with Crippen LogP contribution in [0.1, 0.15) is 31.2 Å². The average molecular weight is 559 g/mol. The van der Waals surface area contributed by atoms with Crippen LogP contribution in [0.15, 0.2) is 29.0 Å². The first-order valence-corrected chi connectivity index (χ1v) is 11.6. The summed E-state index contributed by atoms with van der Waals surface area (Å²) < 4.78 is 46.6. The van der Waals surface area contributed by atoms with Crippen LogP contribution in [0.2, 0.25) is 0 Å². The average Bonchev–Trinajstić information content (AvgIpc) is 3.19. The minimum Gasteiger partial charge on any atom is -0.453 e. The highest BCUT2D eigenvalue weighted by molar-refractivity contribution is 9.10. The molecular formula is C21H22BrF3N6O2S. The number of fused-ring (bicyclic) bond motifs is 1. The Hall–Kier alpha value is -2.51. The number of benzene rings is 1. The van der Waals surface area contributed by atoms with Gasteiger partial charge in [0.05, 0.1) is 33.4 Å². The molecule has 0 saturated heterocycles. The number of ether oxygens (including phenoxy) is 1. The molecule has 0 unspecified atom stereocenters. The highest BCUT2D eigenvalue weighted by Gasteiger charge is 2.37. The summed E-state index contributed by atoms with van der Waals surface area (Å²) >= 11 is 7.84. The predicted molar refractivity (Wildman–Crippen MR) is 130 cm³/mol. The molecule has 5 N–H and O–H groups in total. The molecule has 0 radical (unpaired) electrons. The molecule has 1 aliphatic carbocycles.